The molecule has 0 radical (unpaired) electrons. The molecule has 0 spiro atoms. The third-order valence-corrected chi connectivity index (χ3v) is 2.29. The van der Waals surface area contributed by atoms with E-state index >= 15 is 0 Å². The summed E-state index contributed by atoms with van der Waals surface area (Å²) < 4.78 is 23.8. The first-order valence-corrected chi connectivity index (χ1v) is 5.03. The minimum Gasteiger partial charge on any atom is -0.494 e. The topological polar surface area (TPSA) is 74.2 Å². The number of hydrogen-bond acceptors (Lipinski definition) is 5. The molecular formula is C11H12FN3O2. The number of ether oxygens (including phenoxy) is 1. The van der Waals surface area contributed by atoms with Crippen LogP contribution in [0, 0.1) is 12.7 Å². The first kappa shape index (κ1) is 11.5. The summed E-state index contributed by atoms with van der Waals surface area (Å²) in [5, 5.41) is 3.67. The number of aryl methyl sites for hydroxylation is 1. The Morgan fingerprint density at radius 3 is 2.82 bits per heavy atom. The molecule has 1 aromatic carbocycles. The van der Waals surface area contributed by atoms with E-state index in [9.17, 15) is 4.39 Å². The van der Waals surface area contributed by atoms with Crippen LogP contribution >= 0.6 is 0 Å². The van der Waals surface area contributed by atoms with Gasteiger partial charge in [0.05, 0.1) is 19.2 Å². The minimum atomic E-state index is -0.512. The Balaban J connectivity index is 2.54. The molecule has 0 bridgehead atoms. The smallest absolute Gasteiger partial charge is 0.240 e. The molecule has 1 aromatic heterocycles. The van der Waals surface area contributed by atoms with Crippen molar-refractivity contribution in [2.45, 2.75) is 13.5 Å². The molecule has 0 aliphatic carbocycles. The second-order valence-corrected chi connectivity index (χ2v) is 3.54. The van der Waals surface area contributed by atoms with E-state index in [1.165, 1.54) is 7.11 Å². The molecule has 0 saturated heterocycles. The Kier molecular flexibility index (Phi) is 3.06. The number of rotatable bonds is 3. The monoisotopic (exact) mass is 237 g/mol. The fourth-order valence-electron chi connectivity index (χ4n) is 1.49. The molecule has 2 N–H and O–H groups in total. The van der Waals surface area contributed by atoms with Crippen molar-refractivity contribution in [1.29, 1.82) is 0 Å². The number of methoxy groups -OCH3 is 1. The Morgan fingerprint density at radius 1 is 1.47 bits per heavy atom. The number of aromatic nitrogens is 2. The molecule has 90 valence electrons. The van der Waals surface area contributed by atoms with Gasteiger partial charge in [-0.3, -0.25) is 0 Å². The quantitative estimate of drug-likeness (QED) is 0.878. The van der Waals surface area contributed by atoms with Crippen molar-refractivity contribution in [1.82, 2.24) is 10.1 Å². The van der Waals surface area contributed by atoms with Crippen molar-refractivity contribution in [2.24, 2.45) is 5.73 Å². The summed E-state index contributed by atoms with van der Waals surface area (Å²) in [5.41, 5.74) is 6.44. The lowest BCUT2D eigenvalue weighted by atomic mass is 10.1. The zero-order valence-electron chi connectivity index (χ0n) is 9.53. The van der Waals surface area contributed by atoms with Crippen LogP contribution in [0.2, 0.25) is 0 Å². The first-order chi connectivity index (χ1) is 8.15. The number of nitrogens with zero attached hydrogens (tertiary/aromatic N) is 2. The van der Waals surface area contributed by atoms with Gasteiger partial charge in [0, 0.05) is 0 Å². The second kappa shape index (κ2) is 4.50. The predicted octanol–water partition coefficient (Wildman–Crippen LogP) is 1.65. The first-order valence-electron chi connectivity index (χ1n) is 5.03. The van der Waals surface area contributed by atoms with Gasteiger partial charge in [0.2, 0.25) is 11.7 Å². The minimum absolute atomic E-state index is 0.123. The van der Waals surface area contributed by atoms with Crippen LogP contribution in [0.25, 0.3) is 11.4 Å². The molecule has 0 aliphatic heterocycles. The zero-order chi connectivity index (χ0) is 12.4. The third-order valence-electron chi connectivity index (χ3n) is 2.29. The average Bonchev–Trinajstić information content (AvgIpc) is 2.80. The lowest BCUT2D eigenvalue weighted by molar-refractivity contribution is 0.378. The summed E-state index contributed by atoms with van der Waals surface area (Å²) in [4.78, 5) is 3.98. The van der Waals surface area contributed by atoms with Crippen LogP contribution < -0.4 is 10.5 Å². The average molecular weight is 237 g/mol. The second-order valence-electron chi connectivity index (χ2n) is 3.54. The van der Waals surface area contributed by atoms with Crippen LogP contribution in [0.3, 0.4) is 0 Å². The summed E-state index contributed by atoms with van der Waals surface area (Å²) >= 11 is 0. The van der Waals surface area contributed by atoms with E-state index in [1.54, 1.807) is 12.1 Å². The van der Waals surface area contributed by atoms with Crippen LogP contribution in [0.1, 0.15) is 11.5 Å². The molecule has 2 aromatic rings. The van der Waals surface area contributed by atoms with E-state index < -0.39 is 5.82 Å². The third kappa shape index (κ3) is 2.12. The summed E-state index contributed by atoms with van der Waals surface area (Å²) in [5.74, 6) is 0.0754. The van der Waals surface area contributed by atoms with Gasteiger partial charge in [-0.1, -0.05) is 5.16 Å². The molecule has 2 rings (SSSR count). The molecule has 0 unspecified atom stereocenters. The highest BCUT2D eigenvalue weighted by atomic mass is 19.1. The van der Waals surface area contributed by atoms with Crippen LogP contribution in [-0.2, 0) is 6.54 Å². The van der Waals surface area contributed by atoms with Gasteiger partial charge in [0.25, 0.3) is 0 Å². The molecule has 0 amide bonds. The number of halogens is 1. The van der Waals surface area contributed by atoms with Crippen molar-refractivity contribution in [3.05, 3.63) is 29.4 Å². The van der Waals surface area contributed by atoms with Crippen molar-refractivity contribution in [2.75, 3.05) is 7.11 Å². The fourth-order valence-corrected chi connectivity index (χ4v) is 1.49. The van der Waals surface area contributed by atoms with E-state index in [1.807, 2.05) is 6.92 Å². The van der Waals surface area contributed by atoms with Crippen LogP contribution in [-0.4, -0.2) is 17.3 Å². The van der Waals surface area contributed by atoms with Gasteiger partial charge in [0.15, 0.2) is 11.6 Å². The molecule has 1 heterocycles. The summed E-state index contributed by atoms with van der Waals surface area (Å²) in [6, 6.07) is 3.23. The fraction of sp³-hybridized carbons (Fsp3) is 0.273. The Bertz CT molecular complexity index is 540. The van der Waals surface area contributed by atoms with Gasteiger partial charge in [0.1, 0.15) is 0 Å². The largest absolute Gasteiger partial charge is 0.494 e. The van der Waals surface area contributed by atoms with Crippen molar-refractivity contribution in [3.63, 3.8) is 0 Å². The number of hydrogen-bond donors (Lipinski definition) is 1. The van der Waals surface area contributed by atoms with E-state index in [2.05, 4.69) is 10.1 Å². The maximum Gasteiger partial charge on any atom is 0.240 e. The SMILES string of the molecule is COc1cc(C)cc(-c2noc(CN)n2)c1F. The van der Waals surface area contributed by atoms with Gasteiger partial charge >= 0.3 is 0 Å². The maximum absolute atomic E-state index is 14.0. The molecule has 17 heavy (non-hydrogen) atoms. The Labute approximate surface area is 97.4 Å². The molecule has 5 nitrogen and oxygen atoms in total. The zero-order valence-corrected chi connectivity index (χ0v) is 9.53. The van der Waals surface area contributed by atoms with Gasteiger partial charge in [-0.25, -0.2) is 4.39 Å². The molecule has 6 heteroatoms. The maximum atomic E-state index is 14.0. The predicted molar refractivity (Wildman–Crippen MR) is 58.9 cm³/mol. The Morgan fingerprint density at radius 2 is 2.24 bits per heavy atom. The van der Waals surface area contributed by atoms with Crippen molar-refractivity contribution >= 4 is 0 Å². The van der Waals surface area contributed by atoms with Crippen LogP contribution in [0.15, 0.2) is 16.7 Å². The van der Waals surface area contributed by atoms with Crippen LogP contribution in [0.5, 0.6) is 5.75 Å². The summed E-state index contributed by atoms with van der Waals surface area (Å²) in [7, 11) is 1.41. The molecule has 0 atom stereocenters. The molecule has 0 saturated carbocycles. The summed E-state index contributed by atoms with van der Waals surface area (Å²) in [6.07, 6.45) is 0. The molecule has 0 aliphatic rings. The van der Waals surface area contributed by atoms with Crippen molar-refractivity contribution < 1.29 is 13.7 Å². The van der Waals surface area contributed by atoms with Crippen molar-refractivity contribution in [3.8, 4) is 17.1 Å². The number of nitrogens with two attached hydrogens (primary N) is 1. The lowest BCUT2D eigenvalue weighted by Gasteiger charge is -2.06. The van der Waals surface area contributed by atoms with Crippen LogP contribution in [0.4, 0.5) is 4.39 Å². The lowest BCUT2D eigenvalue weighted by Crippen LogP contribution is -1.97. The highest BCUT2D eigenvalue weighted by molar-refractivity contribution is 5.60. The Hall–Kier alpha value is -1.95. The highest BCUT2D eigenvalue weighted by Gasteiger charge is 2.16. The standard InChI is InChI=1S/C11H12FN3O2/c1-6-3-7(10(12)8(4-6)16-2)11-14-9(5-13)17-15-11/h3-4H,5,13H2,1-2H3. The summed E-state index contributed by atoms with van der Waals surface area (Å²) in [6.45, 7) is 1.95. The highest BCUT2D eigenvalue weighted by Crippen LogP contribution is 2.28. The van der Waals surface area contributed by atoms with E-state index in [0.717, 1.165) is 5.56 Å². The molecule has 0 fully saturated rings. The van der Waals surface area contributed by atoms with E-state index in [4.69, 9.17) is 15.0 Å². The van der Waals surface area contributed by atoms with E-state index in [-0.39, 0.29) is 29.6 Å². The van der Waals surface area contributed by atoms with Gasteiger partial charge in [-0.05, 0) is 24.6 Å². The number of benzene rings is 1. The van der Waals surface area contributed by atoms with E-state index in [0.29, 0.717) is 0 Å². The van der Waals surface area contributed by atoms with Gasteiger partial charge < -0.3 is 15.0 Å². The van der Waals surface area contributed by atoms with Gasteiger partial charge in [-0.2, -0.15) is 4.98 Å². The normalized spacial score (nSPS) is 10.6. The van der Waals surface area contributed by atoms with Gasteiger partial charge in [-0.15, -0.1) is 0 Å². The molecular weight excluding hydrogens is 225 g/mol.